The first-order chi connectivity index (χ1) is 13.5. The largest absolute Gasteiger partial charge is 0.459 e. The molecule has 0 spiro atoms. The van der Waals surface area contributed by atoms with Crippen LogP contribution in [0.1, 0.15) is 47.6 Å². The Labute approximate surface area is 164 Å². The van der Waals surface area contributed by atoms with E-state index in [0.717, 1.165) is 6.42 Å². The minimum absolute atomic E-state index is 0.0334. The monoisotopic (exact) mass is 383 g/mol. The minimum Gasteiger partial charge on any atom is -0.459 e. The first-order valence-corrected chi connectivity index (χ1v) is 9.59. The van der Waals surface area contributed by atoms with E-state index in [1.54, 1.807) is 46.2 Å². The van der Waals surface area contributed by atoms with Gasteiger partial charge in [0.2, 0.25) is 5.91 Å². The zero-order chi connectivity index (χ0) is 20.1. The molecule has 3 rings (SSSR count). The molecule has 0 saturated carbocycles. The maximum absolute atomic E-state index is 12.7. The molecule has 0 radical (unpaired) electrons. The number of rotatable bonds is 6. The average molecular weight is 383 g/mol. The Morgan fingerprint density at radius 2 is 1.86 bits per heavy atom. The number of amides is 3. The average Bonchev–Trinajstić information content (AvgIpc) is 3.41. The summed E-state index contributed by atoms with van der Waals surface area (Å²) >= 11 is 0. The molecule has 0 bridgehead atoms. The van der Waals surface area contributed by atoms with Gasteiger partial charge in [0, 0.05) is 30.9 Å². The van der Waals surface area contributed by atoms with Crippen molar-refractivity contribution in [3.05, 3.63) is 54.0 Å². The molecule has 1 aliphatic heterocycles. The van der Waals surface area contributed by atoms with Gasteiger partial charge in [0.05, 0.1) is 6.26 Å². The molecule has 1 aliphatic rings. The van der Waals surface area contributed by atoms with Crippen LogP contribution in [-0.2, 0) is 4.79 Å². The summed E-state index contributed by atoms with van der Waals surface area (Å²) in [6.07, 6.45) is 2.82. The first-order valence-electron chi connectivity index (χ1n) is 9.59. The summed E-state index contributed by atoms with van der Waals surface area (Å²) in [7, 11) is 0. The Hall–Kier alpha value is -3.09. The molecule has 2 heterocycles. The summed E-state index contributed by atoms with van der Waals surface area (Å²) in [6, 6.07) is 9.55. The van der Waals surface area contributed by atoms with Gasteiger partial charge in [0.15, 0.2) is 5.76 Å². The molecule has 28 heavy (non-hydrogen) atoms. The van der Waals surface area contributed by atoms with Crippen LogP contribution >= 0.6 is 0 Å². The lowest BCUT2D eigenvalue weighted by molar-refractivity contribution is -0.119. The first kappa shape index (κ1) is 19.7. The summed E-state index contributed by atoms with van der Waals surface area (Å²) in [5.41, 5.74) is 1.18. The molecule has 1 atom stereocenters. The van der Waals surface area contributed by atoms with Gasteiger partial charge in [-0.15, -0.1) is 0 Å². The van der Waals surface area contributed by atoms with Crippen molar-refractivity contribution >= 4 is 23.4 Å². The van der Waals surface area contributed by atoms with Crippen molar-refractivity contribution in [1.29, 1.82) is 0 Å². The molecular formula is C21H25N3O4. The van der Waals surface area contributed by atoms with Crippen LogP contribution in [0, 0.1) is 0 Å². The van der Waals surface area contributed by atoms with Gasteiger partial charge in [-0.05, 0) is 63.1 Å². The molecule has 2 aromatic rings. The second-order valence-corrected chi connectivity index (χ2v) is 6.68. The van der Waals surface area contributed by atoms with Gasteiger partial charge in [0.1, 0.15) is 6.04 Å². The van der Waals surface area contributed by atoms with E-state index in [9.17, 15) is 14.4 Å². The standard InChI is InChI=1S/C21H25N3O4/c1-3-23(4-2)20(26)15-9-11-16(12-10-15)22-19(25)17-7-5-13-24(17)21(27)18-8-6-14-28-18/h6,8-12,14,17H,3-5,7,13H2,1-2H3,(H,22,25). The van der Waals surface area contributed by atoms with Crippen LogP contribution in [0.2, 0.25) is 0 Å². The number of nitrogens with one attached hydrogen (secondary N) is 1. The molecule has 1 unspecified atom stereocenters. The second-order valence-electron chi connectivity index (χ2n) is 6.68. The fourth-order valence-corrected chi connectivity index (χ4v) is 3.44. The number of hydrogen-bond acceptors (Lipinski definition) is 4. The Bertz CT molecular complexity index is 826. The van der Waals surface area contributed by atoms with E-state index in [1.807, 2.05) is 13.8 Å². The van der Waals surface area contributed by atoms with Crippen molar-refractivity contribution in [2.24, 2.45) is 0 Å². The van der Waals surface area contributed by atoms with Crippen molar-refractivity contribution < 1.29 is 18.8 Å². The second kappa shape index (κ2) is 8.73. The number of likely N-dealkylation sites (tertiary alicyclic amines) is 1. The lowest BCUT2D eigenvalue weighted by Gasteiger charge is -2.23. The normalized spacial score (nSPS) is 16.1. The fourth-order valence-electron chi connectivity index (χ4n) is 3.44. The van der Waals surface area contributed by atoms with Crippen molar-refractivity contribution in [2.75, 3.05) is 25.0 Å². The molecule has 1 saturated heterocycles. The third kappa shape index (κ3) is 4.08. The highest BCUT2D eigenvalue weighted by Gasteiger charge is 2.35. The summed E-state index contributed by atoms with van der Waals surface area (Å²) in [5, 5.41) is 2.85. The highest BCUT2D eigenvalue weighted by Crippen LogP contribution is 2.22. The van der Waals surface area contributed by atoms with E-state index in [0.29, 0.717) is 37.3 Å². The Morgan fingerprint density at radius 1 is 1.14 bits per heavy atom. The Morgan fingerprint density at radius 3 is 2.46 bits per heavy atom. The highest BCUT2D eigenvalue weighted by molar-refractivity contribution is 6.01. The predicted octanol–water partition coefficient (Wildman–Crippen LogP) is 3.00. The molecule has 1 aromatic carbocycles. The van der Waals surface area contributed by atoms with Crippen LogP contribution in [0.4, 0.5) is 5.69 Å². The molecule has 1 aromatic heterocycles. The van der Waals surface area contributed by atoms with Gasteiger partial charge in [-0.2, -0.15) is 0 Å². The van der Waals surface area contributed by atoms with E-state index < -0.39 is 6.04 Å². The number of carbonyl (C=O) groups excluding carboxylic acids is 3. The van der Waals surface area contributed by atoms with Crippen LogP contribution in [0.25, 0.3) is 0 Å². The zero-order valence-corrected chi connectivity index (χ0v) is 16.2. The van der Waals surface area contributed by atoms with Gasteiger partial charge in [-0.3, -0.25) is 14.4 Å². The van der Waals surface area contributed by atoms with Crippen molar-refractivity contribution in [3.8, 4) is 0 Å². The third-order valence-electron chi connectivity index (χ3n) is 5.00. The van der Waals surface area contributed by atoms with Crippen LogP contribution in [0.3, 0.4) is 0 Å². The smallest absolute Gasteiger partial charge is 0.290 e. The van der Waals surface area contributed by atoms with Crippen LogP contribution in [0.15, 0.2) is 47.1 Å². The molecular weight excluding hydrogens is 358 g/mol. The summed E-state index contributed by atoms with van der Waals surface area (Å²) in [4.78, 5) is 40.9. The van der Waals surface area contributed by atoms with Crippen LogP contribution in [0.5, 0.6) is 0 Å². The van der Waals surface area contributed by atoms with Crippen molar-refractivity contribution in [3.63, 3.8) is 0 Å². The Balaban J connectivity index is 1.65. The van der Waals surface area contributed by atoms with Crippen LogP contribution in [-0.4, -0.2) is 53.2 Å². The number of carbonyl (C=O) groups is 3. The van der Waals surface area contributed by atoms with Gasteiger partial charge >= 0.3 is 0 Å². The summed E-state index contributed by atoms with van der Waals surface area (Å²) in [5.74, 6) is -0.309. The number of benzene rings is 1. The van der Waals surface area contributed by atoms with Gasteiger partial charge < -0.3 is 19.5 Å². The maximum atomic E-state index is 12.7. The highest BCUT2D eigenvalue weighted by atomic mass is 16.3. The van der Waals surface area contributed by atoms with E-state index in [2.05, 4.69) is 5.32 Å². The van der Waals surface area contributed by atoms with Gasteiger partial charge in [0.25, 0.3) is 11.8 Å². The Kier molecular flexibility index (Phi) is 6.13. The van der Waals surface area contributed by atoms with Crippen LogP contribution < -0.4 is 5.32 Å². The lowest BCUT2D eigenvalue weighted by Crippen LogP contribution is -2.43. The van der Waals surface area contributed by atoms with E-state index >= 15 is 0 Å². The molecule has 1 N–H and O–H groups in total. The number of nitrogens with zero attached hydrogens (tertiary/aromatic N) is 2. The van der Waals surface area contributed by atoms with E-state index in [1.165, 1.54) is 6.26 Å². The molecule has 7 nitrogen and oxygen atoms in total. The lowest BCUT2D eigenvalue weighted by atomic mass is 10.1. The van der Waals surface area contributed by atoms with E-state index in [-0.39, 0.29) is 23.5 Å². The minimum atomic E-state index is -0.533. The summed E-state index contributed by atoms with van der Waals surface area (Å²) < 4.78 is 5.17. The number of hydrogen-bond donors (Lipinski definition) is 1. The predicted molar refractivity (Wildman–Crippen MR) is 105 cm³/mol. The molecule has 7 heteroatoms. The number of anilines is 1. The number of furan rings is 1. The fraction of sp³-hybridized carbons (Fsp3) is 0.381. The summed E-state index contributed by atoms with van der Waals surface area (Å²) in [6.45, 7) is 5.69. The quantitative estimate of drug-likeness (QED) is 0.831. The molecule has 148 valence electrons. The SMILES string of the molecule is CCN(CC)C(=O)c1ccc(NC(=O)C2CCCN2C(=O)c2ccco2)cc1. The van der Waals surface area contributed by atoms with Gasteiger partial charge in [-0.1, -0.05) is 0 Å². The third-order valence-corrected chi connectivity index (χ3v) is 5.00. The zero-order valence-electron chi connectivity index (χ0n) is 16.2. The van der Waals surface area contributed by atoms with Gasteiger partial charge in [-0.25, -0.2) is 0 Å². The van der Waals surface area contributed by atoms with E-state index in [4.69, 9.17) is 4.42 Å². The van der Waals surface area contributed by atoms with Crippen molar-refractivity contribution in [1.82, 2.24) is 9.80 Å². The maximum Gasteiger partial charge on any atom is 0.290 e. The topological polar surface area (TPSA) is 82.9 Å². The molecule has 3 amide bonds. The molecule has 1 fully saturated rings. The van der Waals surface area contributed by atoms with Crippen molar-refractivity contribution in [2.45, 2.75) is 32.7 Å². The molecule has 0 aliphatic carbocycles.